The van der Waals surface area contributed by atoms with Gasteiger partial charge in [0.15, 0.2) is 0 Å². The lowest BCUT2D eigenvalue weighted by Crippen LogP contribution is -2.32. The van der Waals surface area contributed by atoms with Gasteiger partial charge in [-0.05, 0) is 66.1 Å². The van der Waals surface area contributed by atoms with Crippen LogP contribution in [-0.4, -0.2) is 35.7 Å². The molecule has 4 aromatic rings. The summed E-state index contributed by atoms with van der Waals surface area (Å²) in [5.41, 5.74) is 4.39. The van der Waals surface area contributed by atoms with E-state index in [1.165, 1.54) is 11.1 Å². The number of hydrogen-bond donors (Lipinski definition) is 2. The van der Waals surface area contributed by atoms with E-state index >= 15 is 0 Å². The molecule has 2 heterocycles. The summed E-state index contributed by atoms with van der Waals surface area (Å²) in [6, 6.07) is 23.8. The van der Waals surface area contributed by atoms with Crippen molar-refractivity contribution in [3.05, 3.63) is 83.9 Å². The SMILES string of the molecule is COc1ccc(Nc2nc(Nc3ccc(OC)cc3)nc(N3CCc4ccccc4C3)n2)cc1. The van der Waals surface area contributed by atoms with Crippen LogP contribution in [0.15, 0.2) is 72.8 Å². The predicted octanol–water partition coefficient (Wildman–Crippen LogP) is 4.94. The second kappa shape index (κ2) is 9.66. The topological polar surface area (TPSA) is 84.4 Å². The van der Waals surface area contributed by atoms with Gasteiger partial charge in [-0.3, -0.25) is 0 Å². The van der Waals surface area contributed by atoms with Crippen molar-refractivity contribution in [2.75, 3.05) is 36.3 Å². The van der Waals surface area contributed by atoms with Crippen molar-refractivity contribution < 1.29 is 9.47 Å². The first-order valence-electron chi connectivity index (χ1n) is 11.1. The monoisotopic (exact) mass is 454 g/mol. The minimum Gasteiger partial charge on any atom is -0.497 e. The summed E-state index contributed by atoms with van der Waals surface area (Å²) < 4.78 is 10.5. The average Bonchev–Trinajstić information content (AvgIpc) is 2.89. The van der Waals surface area contributed by atoms with Crippen molar-refractivity contribution in [2.45, 2.75) is 13.0 Å². The van der Waals surface area contributed by atoms with E-state index in [1.807, 2.05) is 48.5 Å². The van der Waals surface area contributed by atoms with Crippen LogP contribution >= 0.6 is 0 Å². The molecule has 0 fully saturated rings. The molecule has 3 aromatic carbocycles. The van der Waals surface area contributed by atoms with Crippen molar-refractivity contribution in [2.24, 2.45) is 0 Å². The standard InChI is InChI=1S/C26H26N6O2/c1-33-22-11-7-20(8-12-22)27-24-29-25(28-21-9-13-23(34-2)14-10-21)31-26(30-24)32-16-15-18-5-3-4-6-19(18)17-32/h3-14H,15-17H2,1-2H3,(H2,27,28,29,30,31). The lowest BCUT2D eigenvalue weighted by atomic mass is 10.0. The number of anilines is 5. The van der Waals surface area contributed by atoms with Gasteiger partial charge in [-0.25, -0.2) is 0 Å². The predicted molar refractivity (Wildman–Crippen MR) is 134 cm³/mol. The number of nitrogens with one attached hydrogen (secondary N) is 2. The Kier molecular flexibility index (Phi) is 6.11. The summed E-state index contributed by atoms with van der Waals surface area (Å²) in [5, 5.41) is 6.59. The van der Waals surface area contributed by atoms with Gasteiger partial charge in [0.1, 0.15) is 11.5 Å². The summed E-state index contributed by atoms with van der Waals surface area (Å²) in [5.74, 6) is 3.12. The molecule has 0 bridgehead atoms. The molecule has 0 atom stereocenters. The lowest BCUT2D eigenvalue weighted by molar-refractivity contribution is 0.415. The summed E-state index contributed by atoms with van der Waals surface area (Å²) >= 11 is 0. The van der Waals surface area contributed by atoms with Crippen LogP contribution in [0.3, 0.4) is 0 Å². The zero-order chi connectivity index (χ0) is 23.3. The largest absolute Gasteiger partial charge is 0.497 e. The van der Waals surface area contributed by atoms with E-state index in [0.29, 0.717) is 17.8 Å². The number of methoxy groups -OCH3 is 2. The molecule has 1 aliphatic heterocycles. The molecule has 2 N–H and O–H groups in total. The molecule has 8 heteroatoms. The molecule has 34 heavy (non-hydrogen) atoms. The molecular weight excluding hydrogens is 428 g/mol. The number of rotatable bonds is 7. The van der Waals surface area contributed by atoms with Crippen LogP contribution in [0, 0.1) is 0 Å². The van der Waals surface area contributed by atoms with Crippen LogP contribution in [0.25, 0.3) is 0 Å². The minimum absolute atomic E-state index is 0.463. The van der Waals surface area contributed by atoms with Gasteiger partial charge in [0.05, 0.1) is 14.2 Å². The van der Waals surface area contributed by atoms with Crippen molar-refractivity contribution in [1.29, 1.82) is 0 Å². The Balaban J connectivity index is 1.45. The van der Waals surface area contributed by atoms with Crippen molar-refractivity contribution >= 4 is 29.2 Å². The maximum absolute atomic E-state index is 5.25. The third-order valence-corrected chi connectivity index (χ3v) is 5.73. The zero-order valence-corrected chi connectivity index (χ0v) is 19.2. The van der Waals surface area contributed by atoms with Crippen LogP contribution in [0.5, 0.6) is 11.5 Å². The lowest BCUT2D eigenvalue weighted by Gasteiger charge is -2.29. The fourth-order valence-electron chi connectivity index (χ4n) is 3.89. The second-order valence-corrected chi connectivity index (χ2v) is 7.93. The number of benzene rings is 3. The Bertz CT molecular complexity index is 1190. The van der Waals surface area contributed by atoms with Gasteiger partial charge in [0.25, 0.3) is 0 Å². The highest BCUT2D eigenvalue weighted by atomic mass is 16.5. The molecular formula is C26H26N6O2. The van der Waals surface area contributed by atoms with Gasteiger partial charge in [-0.15, -0.1) is 0 Å². The normalized spacial score (nSPS) is 12.6. The quantitative estimate of drug-likeness (QED) is 0.406. The smallest absolute Gasteiger partial charge is 0.233 e. The maximum Gasteiger partial charge on any atom is 0.233 e. The molecule has 0 spiro atoms. The summed E-state index contributed by atoms with van der Waals surface area (Å²) in [7, 11) is 3.29. The molecule has 172 valence electrons. The number of ether oxygens (including phenoxy) is 2. The van der Waals surface area contributed by atoms with Crippen LogP contribution in [-0.2, 0) is 13.0 Å². The first kappa shape index (κ1) is 21.5. The molecule has 0 unspecified atom stereocenters. The van der Waals surface area contributed by atoms with Gasteiger partial charge in [-0.1, -0.05) is 24.3 Å². The summed E-state index contributed by atoms with van der Waals surface area (Å²) in [6.07, 6.45) is 0.949. The van der Waals surface area contributed by atoms with E-state index in [-0.39, 0.29) is 0 Å². The fourth-order valence-corrected chi connectivity index (χ4v) is 3.89. The van der Waals surface area contributed by atoms with Gasteiger partial charge >= 0.3 is 0 Å². The molecule has 0 saturated heterocycles. The molecule has 1 aromatic heterocycles. The molecule has 1 aliphatic rings. The Morgan fingerprint density at radius 3 is 1.74 bits per heavy atom. The summed E-state index contributed by atoms with van der Waals surface area (Å²) in [6.45, 7) is 1.59. The number of fused-ring (bicyclic) bond motifs is 1. The Hall–Kier alpha value is -4.33. The Morgan fingerprint density at radius 2 is 1.21 bits per heavy atom. The fraction of sp³-hybridized carbons (Fsp3) is 0.192. The van der Waals surface area contributed by atoms with Crippen LogP contribution < -0.4 is 25.0 Å². The van der Waals surface area contributed by atoms with Crippen LogP contribution in [0.4, 0.5) is 29.2 Å². The van der Waals surface area contributed by atoms with E-state index in [0.717, 1.165) is 42.4 Å². The van der Waals surface area contributed by atoms with Crippen LogP contribution in [0.2, 0.25) is 0 Å². The first-order valence-corrected chi connectivity index (χ1v) is 11.1. The first-order chi connectivity index (χ1) is 16.7. The van der Waals surface area contributed by atoms with Gasteiger partial charge in [0.2, 0.25) is 17.8 Å². The highest BCUT2D eigenvalue weighted by molar-refractivity contribution is 5.60. The highest BCUT2D eigenvalue weighted by Gasteiger charge is 2.20. The Morgan fingerprint density at radius 1 is 0.676 bits per heavy atom. The summed E-state index contributed by atoms with van der Waals surface area (Å²) in [4.78, 5) is 16.3. The molecule has 5 rings (SSSR count). The number of hydrogen-bond acceptors (Lipinski definition) is 8. The van der Waals surface area contributed by atoms with E-state index in [4.69, 9.17) is 19.4 Å². The molecule has 0 aliphatic carbocycles. The molecule has 0 saturated carbocycles. The third kappa shape index (κ3) is 4.85. The van der Waals surface area contributed by atoms with E-state index < -0.39 is 0 Å². The van der Waals surface area contributed by atoms with Crippen LogP contribution in [0.1, 0.15) is 11.1 Å². The Labute approximate surface area is 198 Å². The maximum atomic E-state index is 5.25. The highest BCUT2D eigenvalue weighted by Crippen LogP contribution is 2.26. The van der Waals surface area contributed by atoms with Crippen molar-refractivity contribution in [1.82, 2.24) is 15.0 Å². The van der Waals surface area contributed by atoms with E-state index in [2.05, 4.69) is 44.8 Å². The van der Waals surface area contributed by atoms with Gasteiger partial charge in [0, 0.05) is 24.5 Å². The van der Waals surface area contributed by atoms with E-state index in [9.17, 15) is 0 Å². The number of aromatic nitrogens is 3. The van der Waals surface area contributed by atoms with Crippen molar-refractivity contribution in [3.63, 3.8) is 0 Å². The van der Waals surface area contributed by atoms with Gasteiger partial charge in [-0.2, -0.15) is 15.0 Å². The molecule has 8 nitrogen and oxygen atoms in total. The van der Waals surface area contributed by atoms with Crippen molar-refractivity contribution in [3.8, 4) is 11.5 Å². The van der Waals surface area contributed by atoms with E-state index in [1.54, 1.807) is 14.2 Å². The second-order valence-electron chi connectivity index (χ2n) is 7.93. The minimum atomic E-state index is 0.463. The number of nitrogens with zero attached hydrogens (tertiary/aromatic N) is 4. The third-order valence-electron chi connectivity index (χ3n) is 5.73. The van der Waals surface area contributed by atoms with Gasteiger partial charge < -0.3 is 25.0 Å². The molecule has 0 radical (unpaired) electrons. The average molecular weight is 455 g/mol. The molecule has 0 amide bonds. The zero-order valence-electron chi connectivity index (χ0n) is 19.2.